The highest BCUT2D eigenvalue weighted by Gasteiger charge is 2.31. The molecule has 1 aliphatic rings. The third-order valence-corrected chi connectivity index (χ3v) is 3.40. The van der Waals surface area contributed by atoms with Crippen LogP contribution in [0, 0.1) is 5.92 Å². The normalized spacial score (nSPS) is 15.3. The third-order valence-electron chi connectivity index (χ3n) is 3.17. The summed E-state index contributed by atoms with van der Waals surface area (Å²) in [6, 6.07) is 5.02. The van der Waals surface area contributed by atoms with E-state index < -0.39 is 0 Å². The van der Waals surface area contributed by atoms with Crippen LogP contribution in [0.25, 0.3) is 0 Å². The Balaban J connectivity index is 0.00000180. The Morgan fingerprint density at radius 3 is 2.79 bits per heavy atom. The zero-order chi connectivity index (χ0) is 13.1. The predicted molar refractivity (Wildman–Crippen MR) is 78.3 cm³/mol. The van der Waals surface area contributed by atoms with Gasteiger partial charge in [-0.3, -0.25) is 4.79 Å². The lowest BCUT2D eigenvalue weighted by molar-refractivity contribution is 0.0930. The number of methoxy groups -OCH3 is 1. The van der Waals surface area contributed by atoms with Crippen LogP contribution in [0.2, 0.25) is 5.02 Å². The summed E-state index contributed by atoms with van der Waals surface area (Å²) in [5.74, 6) is 0.842. The number of nitrogens with two attached hydrogens (primary N) is 1. The Morgan fingerprint density at radius 2 is 2.26 bits per heavy atom. The average molecular weight is 305 g/mol. The molecule has 0 aromatic heterocycles. The molecule has 0 bridgehead atoms. The van der Waals surface area contributed by atoms with Crippen LogP contribution in [-0.4, -0.2) is 25.6 Å². The van der Waals surface area contributed by atoms with Crippen molar-refractivity contribution in [3.8, 4) is 5.75 Å². The number of amides is 1. The first kappa shape index (κ1) is 16.1. The molecule has 1 saturated carbocycles. The van der Waals surface area contributed by atoms with Crippen molar-refractivity contribution in [3.05, 3.63) is 28.8 Å². The van der Waals surface area contributed by atoms with Gasteiger partial charge in [0.25, 0.3) is 5.91 Å². The molecule has 6 heteroatoms. The molecule has 0 saturated heterocycles. The molecule has 106 valence electrons. The van der Waals surface area contributed by atoms with Crippen molar-refractivity contribution >= 4 is 29.9 Å². The minimum atomic E-state index is -0.161. The molecule has 1 aromatic rings. The summed E-state index contributed by atoms with van der Waals surface area (Å²) in [7, 11) is 1.52. The minimum absolute atomic E-state index is 0. The van der Waals surface area contributed by atoms with E-state index in [-0.39, 0.29) is 24.4 Å². The standard InChI is InChI=1S/C13H17ClN2O2.ClH/c1-18-12-6-9(14)4-5-10(12)13(17)16-11(7-15)8-2-3-8;/h4-6,8,11H,2-3,7,15H2,1H3,(H,16,17);1H. The zero-order valence-electron chi connectivity index (χ0n) is 10.7. The topological polar surface area (TPSA) is 64.3 Å². The van der Waals surface area contributed by atoms with E-state index in [1.54, 1.807) is 18.2 Å². The SMILES string of the molecule is COc1cc(Cl)ccc1C(=O)NC(CN)C1CC1.Cl. The number of nitrogens with one attached hydrogen (secondary N) is 1. The number of ether oxygens (including phenoxy) is 1. The van der Waals surface area contributed by atoms with Crippen LogP contribution in [0.3, 0.4) is 0 Å². The Morgan fingerprint density at radius 1 is 1.58 bits per heavy atom. The van der Waals surface area contributed by atoms with Gasteiger partial charge in [-0.2, -0.15) is 0 Å². The van der Waals surface area contributed by atoms with Crippen molar-refractivity contribution in [1.82, 2.24) is 5.32 Å². The number of carbonyl (C=O) groups is 1. The molecule has 19 heavy (non-hydrogen) atoms. The zero-order valence-corrected chi connectivity index (χ0v) is 12.3. The molecule has 0 radical (unpaired) electrons. The van der Waals surface area contributed by atoms with Gasteiger partial charge in [0, 0.05) is 17.6 Å². The molecular formula is C13H18Cl2N2O2. The summed E-state index contributed by atoms with van der Waals surface area (Å²) >= 11 is 5.86. The molecule has 1 atom stereocenters. The Bertz CT molecular complexity index is 450. The molecule has 0 aliphatic heterocycles. The molecule has 0 spiro atoms. The monoisotopic (exact) mass is 304 g/mol. The molecule has 1 unspecified atom stereocenters. The Hall–Kier alpha value is -0.970. The quantitative estimate of drug-likeness (QED) is 0.877. The summed E-state index contributed by atoms with van der Waals surface area (Å²) in [5.41, 5.74) is 6.15. The molecule has 1 fully saturated rings. The third kappa shape index (κ3) is 4.00. The van der Waals surface area contributed by atoms with Crippen LogP contribution >= 0.6 is 24.0 Å². The van der Waals surface area contributed by atoms with Gasteiger partial charge in [0.15, 0.2) is 0 Å². The van der Waals surface area contributed by atoms with Gasteiger partial charge >= 0.3 is 0 Å². The van der Waals surface area contributed by atoms with Crippen molar-refractivity contribution in [2.24, 2.45) is 11.7 Å². The van der Waals surface area contributed by atoms with Crippen LogP contribution in [0.15, 0.2) is 18.2 Å². The average Bonchev–Trinajstić information content (AvgIpc) is 3.19. The lowest BCUT2D eigenvalue weighted by Crippen LogP contribution is -2.41. The number of hydrogen-bond donors (Lipinski definition) is 2. The van der Waals surface area contributed by atoms with Crippen molar-refractivity contribution in [3.63, 3.8) is 0 Å². The molecule has 1 aromatic carbocycles. The highest BCUT2D eigenvalue weighted by atomic mass is 35.5. The van der Waals surface area contributed by atoms with Crippen LogP contribution in [0.1, 0.15) is 23.2 Å². The van der Waals surface area contributed by atoms with E-state index in [4.69, 9.17) is 22.1 Å². The molecule has 3 N–H and O–H groups in total. The second kappa shape index (κ2) is 6.98. The van der Waals surface area contributed by atoms with Gasteiger partial charge < -0.3 is 15.8 Å². The Kier molecular flexibility index (Phi) is 5.91. The summed E-state index contributed by atoms with van der Waals surface area (Å²) in [6.45, 7) is 0.465. The number of halogens is 2. The molecule has 1 aliphatic carbocycles. The summed E-state index contributed by atoms with van der Waals surface area (Å²) in [4.78, 5) is 12.1. The number of hydrogen-bond acceptors (Lipinski definition) is 3. The van der Waals surface area contributed by atoms with Gasteiger partial charge in [-0.1, -0.05) is 11.6 Å². The summed E-state index contributed by atoms with van der Waals surface area (Å²) in [5, 5.41) is 3.49. The van der Waals surface area contributed by atoms with Crippen LogP contribution < -0.4 is 15.8 Å². The maximum Gasteiger partial charge on any atom is 0.255 e. The van der Waals surface area contributed by atoms with Crippen molar-refractivity contribution < 1.29 is 9.53 Å². The lowest BCUT2D eigenvalue weighted by atomic mass is 10.1. The second-order valence-corrected chi connectivity index (χ2v) is 4.93. The van der Waals surface area contributed by atoms with Gasteiger partial charge in [-0.25, -0.2) is 0 Å². The fraction of sp³-hybridized carbons (Fsp3) is 0.462. The first-order chi connectivity index (χ1) is 8.65. The smallest absolute Gasteiger partial charge is 0.255 e. The fourth-order valence-electron chi connectivity index (χ4n) is 1.97. The van der Waals surface area contributed by atoms with Gasteiger partial charge in [0.2, 0.25) is 0 Å². The summed E-state index contributed by atoms with van der Waals surface area (Å²) in [6.07, 6.45) is 2.28. The van der Waals surface area contributed by atoms with E-state index in [0.29, 0.717) is 28.8 Å². The first-order valence-corrected chi connectivity index (χ1v) is 6.38. The largest absolute Gasteiger partial charge is 0.496 e. The maximum absolute atomic E-state index is 12.1. The van der Waals surface area contributed by atoms with Gasteiger partial charge in [-0.15, -0.1) is 12.4 Å². The van der Waals surface area contributed by atoms with E-state index in [0.717, 1.165) is 12.8 Å². The van der Waals surface area contributed by atoms with Crippen LogP contribution in [0.5, 0.6) is 5.75 Å². The van der Waals surface area contributed by atoms with E-state index in [1.807, 2.05) is 0 Å². The van der Waals surface area contributed by atoms with E-state index in [2.05, 4.69) is 5.32 Å². The van der Waals surface area contributed by atoms with E-state index >= 15 is 0 Å². The lowest BCUT2D eigenvalue weighted by Gasteiger charge is -2.17. The summed E-state index contributed by atoms with van der Waals surface area (Å²) < 4.78 is 5.16. The molecular weight excluding hydrogens is 287 g/mol. The van der Waals surface area contributed by atoms with E-state index in [9.17, 15) is 4.79 Å². The number of rotatable bonds is 5. The number of benzene rings is 1. The fourth-order valence-corrected chi connectivity index (χ4v) is 2.13. The van der Waals surface area contributed by atoms with Crippen molar-refractivity contribution in [2.75, 3.05) is 13.7 Å². The first-order valence-electron chi connectivity index (χ1n) is 6.00. The second-order valence-electron chi connectivity index (χ2n) is 4.50. The number of carbonyl (C=O) groups excluding carboxylic acids is 1. The Labute approximate surface area is 124 Å². The van der Waals surface area contributed by atoms with Gasteiger partial charge in [0.05, 0.1) is 12.7 Å². The molecule has 1 amide bonds. The predicted octanol–water partition coefficient (Wildman–Crippen LogP) is 2.24. The van der Waals surface area contributed by atoms with Gasteiger partial charge in [-0.05, 0) is 37.0 Å². The minimum Gasteiger partial charge on any atom is -0.496 e. The van der Waals surface area contributed by atoms with Crippen LogP contribution in [0.4, 0.5) is 0 Å². The van der Waals surface area contributed by atoms with Crippen molar-refractivity contribution in [1.29, 1.82) is 0 Å². The van der Waals surface area contributed by atoms with Crippen molar-refractivity contribution in [2.45, 2.75) is 18.9 Å². The van der Waals surface area contributed by atoms with Gasteiger partial charge in [0.1, 0.15) is 5.75 Å². The molecule has 0 heterocycles. The molecule has 2 rings (SSSR count). The molecule has 4 nitrogen and oxygen atoms in total. The van der Waals surface area contributed by atoms with Crippen LogP contribution in [-0.2, 0) is 0 Å². The highest BCUT2D eigenvalue weighted by Crippen LogP contribution is 2.32. The van der Waals surface area contributed by atoms with E-state index in [1.165, 1.54) is 7.11 Å². The maximum atomic E-state index is 12.1. The highest BCUT2D eigenvalue weighted by molar-refractivity contribution is 6.30.